The summed E-state index contributed by atoms with van der Waals surface area (Å²) >= 11 is 0. The van der Waals surface area contributed by atoms with Crippen molar-refractivity contribution in [2.45, 2.75) is 19.4 Å². The van der Waals surface area contributed by atoms with Crippen molar-refractivity contribution in [2.24, 2.45) is 0 Å². The second-order valence-electron chi connectivity index (χ2n) is 7.40. The molecule has 0 atom stereocenters. The van der Waals surface area contributed by atoms with E-state index in [2.05, 4.69) is 25.8 Å². The van der Waals surface area contributed by atoms with Gasteiger partial charge in [-0.2, -0.15) is 0 Å². The van der Waals surface area contributed by atoms with Gasteiger partial charge >= 0.3 is 5.97 Å². The van der Waals surface area contributed by atoms with Crippen molar-refractivity contribution < 1.29 is 23.9 Å². The number of aromatic nitrogens is 5. The number of esters is 1. The molecule has 0 radical (unpaired) electrons. The number of likely N-dealkylation sites (tertiary alicyclic amines) is 1. The Hall–Kier alpha value is -4.35. The number of ether oxygens (including phenoxy) is 1. The Kier molecular flexibility index (Phi) is 6.53. The smallest absolute Gasteiger partial charge is 0.340 e. The average Bonchev–Trinajstić information content (AvgIpc) is 3.60. The van der Waals surface area contributed by atoms with Crippen LogP contribution in [0.2, 0.25) is 0 Å². The number of para-hydroxylation sites is 1. The SMILES string of the molecule is O=C(Cn1cnnn1)Nc1ccccc1C(=O)OCC(=O)c1c[nH]c(C(=O)N2CCCC2)c1. The molecule has 1 fully saturated rings. The average molecular weight is 451 g/mol. The van der Waals surface area contributed by atoms with Gasteiger partial charge in [-0.25, -0.2) is 9.48 Å². The van der Waals surface area contributed by atoms with E-state index in [-0.39, 0.29) is 29.3 Å². The fourth-order valence-corrected chi connectivity index (χ4v) is 3.42. The second-order valence-corrected chi connectivity index (χ2v) is 7.40. The monoisotopic (exact) mass is 451 g/mol. The lowest BCUT2D eigenvalue weighted by atomic mass is 10.1. The fourth-order valence-electron chi connectivity index (χ4n) is 3.42. The van der Waals surface area contributed by atoms with Gasteiger partial charge in [-0.3, -0.25) is 14.4 Å². The maximum atomic E-state index is 12.6. The molecule has 4 rings (SSSR count). The molecule has 0 aliphatic carbocycles. The molecule has 2 aromatic heterocycles. The Morgan fingerprint density at radius 2 is 1.91 bits per heavy atom. The van der Waals surface area contributed by atoms with Crippen LogP contribution in [-0.4, -0.2) is 73.4 Å². The van der Waals surface area contributed by atoms with Crippen LogP contribution in [0.1, 0.15) is 44.0 Å². The number of aromatic amines is 1. The number of benzene rings is 1. The van der Waals surface area contributed by atoms with Crippen LogP contribution in [0.15, 0.2) is 42.9 Å². The van der Waals surface area contributed by atoms with Crippen molar-refractivity contribution in [3.05, 3.63) is 59.7 Å². The number of Topliss-reactive ketones (excluding diaryl/α,β-unsaturated/α-hetero) is 1. The Morgan fingerprint density at radius 1 is 1.12 bits per heavy atom. The molecule has 2 N–H and O–H groups in total. The van der Waals surface area contributed by atoms with Gasteiger partial charge in [0.15, 0.2) is 6.61 Å². The summed E-state index contributed by atoms with van der Waals surface area (Å²) < 4.78 is 6.39. The van der Waals surface area contributed by atoms with Crippen molar-refractivity contribution in [2.75, 3.05) is 25.0 Å². The van der Waals surface area contributed by atoms with E-state index in [0.717, 1.165) is 12.8 Å². The highest BCUT2D eigenvalue weighted by molar-refractivity contribution is 6.04. The third kappa shape index (κ3) is 5.29. The van der Waals surface area contributed by atoms with E-state index in [9.17, 15) is 19.2 Å². The van der Waals surface area contributed by atoms with Crippen LogP contribution in [0.4, 0.5) is 5.69 Å². The second kappa shape index (κ2) is 9.85. The minimum Gasteiger partial charge on any atom is -0.454 e. The maximum Gasteiger partial charge on any atom is 0.340 e. The number of nitrogens with zero attached hydrogens (tertiary/aromatic N) is 5. The lowest BCUT2D eigenvalue weighted by Gasteiger charge is -2.13. The van der Waals surface area contributed by atoms with E-state index in [0.29, 0.717) is 18.8 Å². The van der Waals surface area contributed by atoms with Gasteiger partial charge < -0.3 is 19.9 Å². The molecule has 1 aliphatic heterocycles. The molecular formula is C21H21N7O5. The molecule has 3 aromatic rings. The summed E-state index contributed by atoms with van der Waals surface area (Å²) in [5.41, 5.74) is 0.887. The number of anilines is 1. The molecule has 2 amide bonds. The minimum atomic E-state index is -0.773. The summed E-state index contributed by atoms with van der Waals surface area (Å²) in [5.74, 6) is -1.83. The minimum absolute atomic E-state index is 0.0920. The maximum absolute atomic E-state index is 12.6. The Morgan fingerprint density at radius 3 is 2.67 bits per heavy atom. The van der Waals surface area contributed by atoms with Gasteiger partial charge in [-0.05, 0) is 41.5 Å². The molecule has 0 bridgehead atoms. The van der Waals surface area contributed by atoms with E-state index in [4.69, 9.17) is 4.74 Å². The predicted molar refractivity (Wildman–Crippen MR) is 113 cm³/mol. The van der Waals surface area contributed by atoms with Crippen molar-refractivity contribution in [1.29, 1.82) is 0 Å². The van der Waals surface area contributed by atoms with E-state index in [1.54, 1.807) is 17.0 Å². The van der Waals surface area contributed by atoms with E-state index < -0.39 is 24.3 Å². The van der Waals surface area contributed by atoms with Gasteiger partial charge in [-0.15, -0.1) is 5.10 Å². The Bertz CT molecular complexity index is 1170. The highest BCUT2D eigenvalue weighted by Gasteiger charge is 2.22. The summed E-state index contributed by atoms with van der Waals surface area (Å²) in [6.07, 6.45) is 4.64. The molecule has 12 nitrogen and oxygen atoms in total. The zero-order chi connectivity index (χ0) is 23.2. The predicted octanol–water partition coefficient (Wildman–Crippen LogP) is 0.916. The number of hydrogen-bond donors (Lipinski definition) is 2. The summed E-state index contributed by atoms with van der Waals surface area (Å²) in [7, 11) is 0. The standard InChI is InChI=1S/C21H21N7O5/c29-18(14-9-17(22-10-14)20(31)27-7-3-4-8-27)12-33-21(32)15-5-1-2-6-16(15)24-19(30)11-28-13-23-25-26-28/h1-2,5-6,9-10,13,22H,3-4,7-8,11-12H2,(H,24,30). The molecule has 0 spiro atoms. The van der Waals surface area contributed by atoms with Gasteiger partial charge in [0, 0.05) is 24.8 Å². The number of hydrogen-bond acceptors (Lipinski definition) is 8. The molecule has 3 heterocycles. The normalized spacial score (nSPS) is 13.0. The topological polar surface area (TPSA) is 152 Å². The van der Waals surface area contributed by atoms with Crippen LogP contribution < -0.4 is 5.32 Å². The van der Waals surface area contributed by atoms with Gasteiger partial charge in [0.2, 0.25) is 11.7 Å². The van der Waals surface area contributed by atoms with Crippen LogP contribution in [0.25, 0.3) is 0 Å². The molecule has 0 saturated carbocycles. The van der Waals surface area contributed by atoms with Gasteiger partial charge in [0.25, 0.3) is 5.91 Å². The van der Waals surface area contributed by atoms with Gasteiger partial charge in [0.05, 0.1) is 11.3 Å². The van der Waals surface area contributed by atoms with Crippen LogP contribution >= 0.6 is 0 Å². The van der Waals surface area contributed by atoms with Gasteiger partial charge in [-0.1, -0.05) is 12.1 Å². The number of carbonyl (C=O) groups excluding carboxylic acids is 4. The van der Waals surface area contributed by atoms with Crippen LogP contribution in [0.3, 0.4) is 0 Å². The third-order valence-corrected chi connectivity index (χ3v) is 5.08. The van der Waals surface area contributed by atoms with E-state index in [1.807, 2.05) is 0 Å². The lowest BCUT2D eigenvalue weighted by Crippen LogP contribution is -2.27. The summed E-state index contributed by atoms with van der Waals surface area (Å²) in [6.45, 7) is 0.747. The zero-order valence-corrected chi connectivity index (χ0v) is 17.6. The van der Waals surface area contributed by atoms with Crippen LogP contribution in [-0.2, 0) is 16.1 Å². The third-order valence-electron chi connectivity index (χ3n) is 5.08. The van der Waals surface area contributed by atoms with E-state index in [1.165, 1.54) is 35.4 Å². The van der Waals surface area contributed by atoms with Crippen molar-refractivity contribution in [3.63, 3.8) is 0 Å². The number of carbonyl (C=O) groups is 4. The van der Waals surface area contributed by atoms with Crippen molar-refractivity contribution >= 4 is 29.3 Å². The first-order valence-corrected chi connectivity index (χ1v) is 10.3. The number of H-pyrrole nitrogens is 1. The molecular weight excluding hydrogens is 430 g/mol. The number of tetrazole rings is 1. The van der Waals surface area contributed by atoms with Crippen molar-refractivity contribution in [1.82, 2.24) is 30.1 Å². The quantitative estimate of drug-likeness (QED) is 0.379. The Balaban J connectivity index is 1.34. The molecule has 1 aliphatic rings. The molecule has 1 saturated heterocycles. The summed E-state index contributed by atoms with van der Waals surface area (Å²) in [6, 6.07) is 7.73. The number of nitrogens with one attached hydrogen (secondary N) is 2. The number of rotatable bonds is 8. The zero-order valence-electron chi connectivity index (χ0n) is 17.6. The fraction of sp³-hybridized carbons (Fsp3) is 0.286. The summed E-state index contributed by atoms with van der Waals surface area (Å²) in [5, 5.41) is 13.1. The highest BCUT2D eigenvalue weighted by Crippen LogP contribution is 2.17. The van der Waals surface area contributed by atoms with Crippen molar-refractivity contribution in [3.8, 4) is 0 Å². The first-order valence-electron chi connectivity index (χ1n) is 10.3. The molecule has 170 valence electrons. The van der Waals surface area contributed by atoms with E-state index >= 15 is 0 Å². The molecule has 0 unspecified atom stereocenters. The number of amides is 2. The molecule has 33 heavy (non-hydrogen) atoms. The first-order chi connectivity index (χ1) is 16.0. The van der Waals surface area contributed by atoms with Gasteiger partial charge in [0.1, 0.15) is 18.6 Å². The summed E-state index contributed by atoms with van der Waals surface area (Å²) in [4.78, 5) is 54.2. The molecule has 1 aromatic carbocycles. The lowest BCUT2D eigenvalue weighted by molar-refractivity contribution is -0.116. The van der Waals surface area contributed by atoms with Crippen LogP contribution in [0, 0.1) is 0 Å². The van der Waals surface area contributed by atoms with Crippen LogP contribution in [0.5, 0.6) is 0 Å². The molecule has 12 heteroatoms. The first kappa shape index (κ1) is 21.9. The Labute approximate surface area is 187 Å². The highest BCUT2D eigenvalue weighted by atomic mass is 16.5. The largest absolute Gasteiger partial charge is 0.454 e. The number of ketones is 1.